The van der Waals surface area contributed by atoms with E-state index in [1.54, 1.807) is 18.7 Å². The molecule has 88 valence electrons. The highest BCUT2D eigenvalue weighted by molar-refractivity contribution is 7.99. The first-order valence-electron chi connectivity index (χ1n) is 5.69. The van der Waals surface area contributed by atoms with E-state index < -0.39 is 6.10 Å². The van der Waals surface area contributed by atoms with Crippen LogP contribution in [0, 0.1) is 6.92 Å². The molecule has 0 aliphatic heterocycles. The third kappa shape index (κ3) is 2.90. The van der Waals surface area contributed by atoms with Crippen molar-refractivity contribution in [3.05, 3.63) is 59.7 Å². The van der Waals surface area contributed by atoms with E-state index in [1.807, 2.05) is 30.3 Å². The molecule has 1 atom stereocenters. The molecule has 2 heteroatoms. The SMILES string of the molecule is Cc1ccccc1Sc1ccccc1[C@@H](C)O. The van der Waals surface area contributed by atoms with Gasteiger partial charge >= 0.3 is 0 Å². The Hall–Kier alpha value is -1.25. The van der Waals surface area contributed by atoms with Crippen molar-refractivity contribution in [2.45, 2.75) is 29.7 Å². The monoisotopic (exact) mass is 244 g/mol. The van der Waals surface area contributed by atoms with E-state index in [-0.39, 0.29) is 0 Å². The van der Waals surface area contributed by atoms with Gasteiger partial charge in [-0.3, -0.25) is 0 Å². The molecule has 2 rings (SSSR count). The van der Waals surface area contributed by atoms with Crippen LogP contribution in [0.5, 0.6) is 0 Å². The Morgan fingerprint density at radius 2 is 1.53 bits per heavy atom. The van der Waals surface area contributed by atoms with Crippen molar-refractivity contribution in [1.82, 2.24) is 0 Å². The van der Waals surface area contributed by atoms with Gasteiger partial charge in [-0.1, -0.05) is 48.2 Å². The zero-order chi connectivity index (χ0) is 12.3. The van der Waals surface area contributed by atoms with E-state index in [4.69, 9.17) is 0 Å². The maximum Gasteiger partial charge on any atom is 0.0772 e. The molecule has 0 saturated heterocycles. The van der Waals surface area contributed by atoms with Crippen LogP contribution >= 0.6 is 11.8 Å². The molecule has 0 fully saturated rings. The van der Waals surface area contributed by atoms with Crippen LogP contribution in [0.3, 0.4) is 0 Å². The lowest BCUT2D eigenvalue weighted by atomic mass is 10.1. The van der Waals surface area contributed by atoms with Crippen LogP contribution in [0.15, 0.2) is 58.3 Å². The maximum atomic E-state index is 9.74. The summed E-state index contributed by atoms with van der Waals surface area (Å²) in [7, 11) is 0. The van der Waals surface area contributed by atoms with Gasteiger partial charge in [-0.25, -0.2) is 0 Å². The van der Waals surface area contributed by atoms with Gasteiger partial charge in [0.1, 0.15) is 0 Å². The highest BCUT2D eigenvalue weighted by Gasteiger charge is 2.09. The molecule has 1 nitrogen and oxygen atoms in total. The van der Waals surface area contributed by atoms with Crippen LogP contribution in [0.25, 0.3) is 0 Å². The van der Waals surface area contributed by atoms with Crippen LogP contribution in [0.1, 0.15) is 24.2 Å². The summed E-state index contributed by atoms with van der Waals surface area (Å²) in [6.07, 6.45) is -0.428. The van der Waals surface area contributed by atoms with Crippen molar-refractivity contribution in [2.75, 3.05) is 0 Å². The van der Waals surface area contributed by atoms with Crippen LogP contribution in [-0.2, 0) is 0 Å². The lowest BCUT2D eigenvalue weighted by molar-refractivity contribution is 0.196. The second-order valence-corrected chi connectivity index (χ2v) is 5.17. The molecule has 0 unspecified atom stereocenters. The Morgan fingerprint density at radius 3 is 2.18 bits per heavy atom. The first-order valence-corrected chi connectivity index (χ1v) is 6.50. The molecule has 2 aromatic rings. The zero-order valence-corrected chi connectivity index (χ0v) is 10.9. The van der Waals surface area contributed by atoms with Crippen LogP contribution < -0.4 is 0 Å². The van der Waals surface area contributed by atoms with Gasteiger partial charge in [0.2, 0.25) is 0 Å². The molecule has 0 amide bonds. The Kier molecular flexibility index (Phi) is 3.87. The summed E-state index contributed by atoms with van der Waals surface area (Å²) in [6.45, 7) is 3.91. The standard InChI is InChI=1S/C15H16OS/c1-11-7-3-5-9-14(11)17-15-10-6-4-8-13(15)12(2)16/h3-10,12,16H,1-2H3/t12-/m1/s1. The van der Waals surface area contributed by atoms with Crippen LogP contribution in [0.4, 0.5) is 0 Å². The van der Waals surface area contributed by atoms with Crippen molar-refractivity contribution >= 4 is 11.8 Å². The van der Waals surface area contributed by atoms with Crippen LogP contribution in [0.2, 0.25) is 0 Å². The Bertz CT molecular complexity index is 506. The molecule has 0 aliphatic rings. The molecular weight excluding hydrogens is 228 g/mol. The molecule has 0 saturated carbocycles. The minimum Gasteiger partial charge on any atom is -0.389 e. The van der Waals surface area contributed by atoms with E-state index >= 15 is 0 Å². The third-order valence-electron chi connectivity index (χ3n) is 2.68. The molecule has 0 aliphatic carbocycles. The molecular formula is C15H16OS. The Morgan fingerprint density at radius 1 is 0.941 bits per heavy atom. The van der Waals surface area contributed by atoms with Crippen LogP contribution in [-0.4, -0.2) is 5.11 Å². The molecule has 0 aromatic heterocycles. The molecule has 1 N–H and O–H groups in total. The largest absolute Gasteiger partial charge is 0.389 e. The topological polar surface area (TPSA) is 20.2 Å². The first-order chi connectivity index (χ1) is 8.18. The molecule has 0 radical (unpaired) electrons. The number of aliphatic hydroxyl groups excluding tert-OH is 1. The summed E-state index contributed by atoms with van der Waals surface area (Å²) in [6, 6.07) is 16.3. The third-order valence-corrected chi connectivity index (χ3v) is 3.95. The lowest BCUT2D eigenvalue weighted by Crippen LogP contribution is -1.93. The summed E-state index contributed by atoms with van der Waals surface area (Å²) in [5.41, 5.74) is 2.25. The van der Waals surface area contributed by atoms with Crippen molar-refractivity contribution in [2.24, 2.45) is 0 Å². The molecule has 0 spiro atoms. The van der Waals surface area contributed by atoms with Gasteiger partial charge in [0.25, 0.3) is 0 Å². The normalized spacial score (nSPS) is 12.4. The van der Waals surface area contributed by atoms with Gasteiger partial charge in [-0.05, 0) is 37.1 Å². The van der Waals surface area contributed by atoms with E-state index in [0.717, 1.165) is 10.5 Å². The number of benzene rings is 2. The predicted octanol–water partition coefficient (Wildman–Crippen LogP) is 4.20. The zero-order valence-electron chi connectivity index (χ0n) is 10.1. The van der Waals surface area contributed by atoms with Crippen molar-refractivity contribution in [3.63, 3.8) is 0 Å². The minimum absolute atomic E-state index is 0.428. The maximum absolute atomic E-state index is 9.74. The highest BCUT2D eigenvalue weighted by atomic mass is 32.2. The molecule has 0 bridgehead atoms. The lowest BCUT2D eigenvalue weighted by Gasteiger charge is -2.12. The Labute approximate surface area is 107 Å². The van der Waals surface area contributed by atoms with Gasteiger partial charge < -0.3 is 5.11 Å². The highest BCUT2D eigenvalue weighted by Crippen LogP contribution is 2.34. The van der Waals surface area contributed by atoms with E-state index in [9.17, 15) is 5.11 Å². The second kappa shape index (κ2) is 5.39. The van der Waals surface area contributed by atoms with Gasteiger partial charge in [0.15, 0.2) is 0 Å². The van der Waals surface area contributed by atoms with E-state index in [2.05, 4.69) is 25.1 Å². The quantitative estimate of drug-likeness (QED) is 0.873. The molecule has 0 heterocycles. The van der Waals surface area contributed by atoms with E-state index in [1.165, 1.54) is 10.5 Å². The van der Waals surface area contributed by atoms with Crippen molar-refractivity contribution in [3.8, 4) is 0 Å². The summed E-state index contributed by atoms with van der Waals surface area (Å²) < 4.78 is 0. The number of hydrogen-bond donors (Lipinski definition) is 1. The fourth-order valence-electron chi connectivity index (χ4n) is 1.71. The summed E-state index contributed by atoms with van der Waals surface area (Å²) in [4.78, 5) is 2.36. The number of hydrogen-bond acceptors (Lipinski definition) is 2. The van der Waals surface area contributed by atoms with Crippen molar-refractivity contribution < 1.29 is 5.11 Å². The fraction of sp³-hybridized carbons (Fsp3) is 0.200. The summed E-state index contributed by atoms with van der Waals surface area (Å²) in [5.74, 6) is 0. The number of aryl methyl sites for hydroxylation is 1. The van der Waals surface area contributed by atoms with E-state index in [0.29, 0.717) is 0 Å². The summed E-state index contributed by atoms with van der Waals surface area (Å²) in [5, 5.41) is 9.74. The predicted molar refractivity (Wildman–Crippen MR) is 72.4 cm³/mol. The fourth-order valence-corrected chi connectivity index (χ4v) is 2.82. The number of aliphatic hydroxyl groups is 1. The Balaban J connectivity index is 2.34. The van der Waals surface area contributed by atoms with Crippen molar-refractivity contribution in [1.29, 1.82) is 0 Å². The minimum atomic E-state index is -0.428. The van der Waals surface area contributed by atoms with Gasteiger partial charge in [-0.2, -0.15) is 0 Å². The molecule has 17 heavy (non-hydrogen) atoms. The average molecular weight is 244 g/mol. The first kappa shape index (κ1) is 12.2. The average Bonchev–Trinajstić information content (AvgIpc) is 2.32. The second-order valence-electron chi connectivity index (χ2n) is 4.08. The summed E-state index contributed by atoms with van der Waals surface area (Å²) >= 11 is 1.71. The van der Waals surface area contributed by atoms with Gasteiger partial charge in [0, 0.05) is 9.79 Å². The van der Waals surface area contributed by atoms with Gasteiger partial charge in [-0.15, -0.1) is 0 Å². The van der Waals surface area contributed by atoms with Gasteiger partial charge in [0.05, 0.1) is 6.10 Å². The smallest absolute Gasteiger partial charge is 0.0772 e. The number of rotatable bonds is 3. The molecule has 2 aromatic carbocycles.